The van der Waals surface area contributed by atoms with E-state index in [4.69, 9.17) is 0 Å². The molecule has 1 aromatic carbocycles. The first-order chi connectivity index (χ1) is 10.4. The Morgan fingerprint density at radius 1 is 1.10 bits per heavy atom. The van der Waals surface area contributed by atoms with Crippen LogP contribution in [0.4, 0.5) is 5.69 Å². The van der Waals surface area contributed by atoms with Gasteiger partial charge in [-0.25, -0.2) is 4.98 Å². The molecular formula is C17H23N3S. The van der Waals surface area contributed by atoms with Crippen molar-refractivity contribution in [2.24, 2.45) is 0 Å². The maximum Gasteiger partial charge on any atom is 0.0937 e. The molecule has 0 aliphatic carbocycles. The standard InChI is InChI=1S/C17H23N3S/c1-2-11-20(12-3-1)16-6-4-15(5-7-16)14-18-9-8-17-19-10-13-21-17/h4-7,10,13,18H,1-3,8-9,11-12,14H2. The van der Waals surface area contributed by atoms with Crippen molar-refractivity contribution >= 4 is 17.0 Å². The van der Waals surface area contributed by atoms with Gasteiger partial charge >= 0.3 is 0 Å². The lowest BCUT2D eigenvalue weighted by atomic mass is 10.1. The van der Waals surface area contributed by atoms with E-state index in [1.165, 1.54) is 48.6 Å². The Morgan fingerprint density at radius 3 is 2.62 bits per heavy atom. The summed E-state index contributed by atoms with van der Waals surface area (Å²) in [5.74, 6) is 0. The molecule has 0 atom stereocenters. The monoisotopic (exact) mass is 301 g/mol. The molecule has 2 heterocycles. The van der Waals surface area contributed by atoms with Gasteiger partial charge in [0.2, 0.25) is 0 Å². The summed E-state index contributed by atoms with van der Waals surface area (Å²) in [6, 6.07) is 9.03. The Morgan fingerprint density at radius 2 is 1.90 bits per heavy atom. The molecule has 0 saturated carbocycles. The van der Waals surface area contributed by atoms with Crippen molar-refractivity contribution < 1.29 is 0 Å². The summed E-state index contributed by atoms with van der Waals surface area (Å²) >= 11 is 1.73. The van der Waals surface area contributed by atoms with Crippen molar-refractivity contribution in [2.45, 2.75) is 32.2 Å². The van der Waals surface area contributed by atoms with E-state index in [9.17, 15) is 0 Å². The lowest BCUT2D eigenvalue weighted by Crippen LogP contribution is -2.29. The Bertz CT molecular complexity index is 515. The van der Waals surface area contributed by atoms with Crippen molar-refractivity contribution in [2.75, 3.05) is 24.5 Å². The van der Waals surface area contributed by atoms with Crippen LogP contribution in [-0.2, 0) is 13.0 Å². The van der Waals surface area contributed by atoms with Crippen molar-refractivity contribution in [3.8, 4) is 0 Å². The third-order valence-corrected chi connectivity index (χ3v) is 4.83. The average molecular weight is 301 g/mol. The van der Waals surface area contributed by atoms with Gasteiger partial charge in [0.25, 0.3) is 0 Å². The van der Waals surface area contributed by atoms with Gasteiger partial charge in [0, 0.05) is 49.9 Å². The first-order valence-corrected chi connectivity index (χ1v) is 8.73. The summed E-state index contributed by atoms with van der Waals surface area (Å²) in [6.45, 7) is 4.35. The lowest BCUT2D eigenvalue weighted by Gasteiger charge is -2.28. The highest BCUT2D eigenvalue weighted by Crippen LogP contribution is 2.20. The van der Waals surface area contributed by atoms with Crippen LogP contribution < -0.4 is 10.2 Å². The number of piperidine rings is 1. The molecule has 1 aliphatic heterocycles. The lowest BCUT2D eigenvalue weighted by molar-refractivity contribution is 0.578. The van der Waals surface area contributed by atoms with E-state index in [-0.39, 0.29) is 0 Å². The zero-order valence-corrected chi connectivity index (χ0v) is 13.2. The quantitative estimate of drug-likeness (QED) is 0.828. The van der Waals surface area contributed by atoms with Gasteiger partial charge in [-0.15, -0.1) is 11.3 Å². The molecule has 4 heteroatoms. The maximum absolute atomic E-state index is 4.30. The number of rotatable bonds is 6. The van der Waals surface area contributed by atoms with Gasteiger partial charge in [-0.3, -0.25) is 0 Å². The van der Waals surface area contributed by atoms with Gasteiger partial charge in [0.1, 0.15) is 0 Å². The molecule has 0 amide bonds. The van der Waals surface area contributed by atoms with Gasteiger partial charge in [-0.05, 0) is 37.0 Å². The smallest absolute Gasteiger partial charge is 0.0937 e. The van der Waals surface area contributed by atoms with Gasteiger partial charge in [-0.2, -0.15) is 0 Å². The topological polar surface area (TPSA) is 28.2 Å². The number of hydrogen-bond acceptors (Lipinski definition) is 4. The van der Waals surface area contributed by atoms with Crippen molar-refractivity contribution in [3.63, 3.8) is 0 Å². The molecule has 0 radical (unpaired) electrons. The summed E-state index contributed by atoms with van der Waals surface area (Å²) in [5, 5.41) is 6.74. The van der Waals surface area contributed by atoms with Crippen molar-refractivity contribution in [3.05, 3.63) is 46.4 Å². The predicted octanol–water partition coefficient (Wildman–Crippen LogP) is 3.47. The minimum absolute atomic E-state index is 0.936. The van der Waals surface area contributed by atoms with Crippen LogP contribution in [0.2, 0.25) is 0 Å². The van der Waals surface area contributed by atoms with E-state index >= 15 is 0 Å². The molecule has 112 valence electrons. The fourth-order valence-corrected chi connectivity index (χ4v) is 3.40. The van der Waals surface area contributed by atoms with Crippen LogP contribution in [0.3, 0.4) is 0 Å². The van der Waals surface area contributed by atoms with Crippen LogP contribution in [0.25, 0.3) is 0 Å². The molecule has 1 N–H and O–H groups in total. The van der Waals surface area contributed by atoms with Gasteiger partial charge in [-0.1, -0.05) is 12.1 Å². The molecule has 1 fully saturated rings. The molecule has 1 aliphatic rings. The zero-order valence-electron chi connectivity index (χ0n) is 12.4. The fraction of sp³-hybridized carbons (Fsp3) is 0.471. The number of anilines is 1. The number of hydrogen-bond donors (Lipinski definition) is 1. The molecular weight excluding hydrogens is 278 g/mol. The normalized spacial score (nSPS) is 15.3. The second kappa shape index (κ2) is 7.57. The Hall–Kier alpha value is -1.39. The van der Waals surface area contributed by atoms with Crippen molar-refractivity contribution in [1.82, 2.24) is 10.3 Å². The Kier molecular flexibility index (Phi) is 5.24. The van der Waals surface area contributed by atoms with E-state index in [1.54, 1.807) is 11.3 Å². The summed E-state index contributed by atoms with van der Waals surface area (Å²) in [5.41, 5.74) is 2.73. The van der Waals surface area contributed by atoms with Crippen molar-refractivity contribution in [1.29, 1.82) is 0 Å². The minimum atomic E-state index is 0.936. The van der Waals surface area contributed by atoms with E-state index in [1.807, 2.05) is 11.6 Å². The first kappa shape index (κ1) is 14.5. The SMILES string of the molecule is c1csc(CCNCc2ccc(N3CCCCC3)cc2)n1. The molecule has 0 spiro atoms. The number of nitrogens with zero attached hydrogens (tertiary/aromatic N) is 2. The maximum atomic E-state index is 4.30. The minimum Gasteiger partial charge on any atom is -0.372 e. The summed E-state index contributed by atoms with van der Waals surface area (Å²) in [4.78, 5) is 6.80. The second-order valence-electron chi connectivity index (χ2n) is 5.57. The van der Waals surface area contributed by atoms with E-state index in [2.05, 4.69) is 39.5 Å². The Balaban J connectivity index is 1.43. The van der Waals surface area contributed by atoms with Gasteiger partial charge in [0.05, 0.1) is 5.01 Å². The van der Waals surface area contributed by atoms with Crippen LogP contribution in [0, 0.1) is 0 Å². The van der Waals surface area contributed by atoms with E-state index in [0.29, 0.717) is 0 Å². The highest BCUT2D eigenvalue weighted by atomic mass is 32.1. The average Bonchev–Trinajstić information content (AvgIpc) is 3.06. The van der Waals surface area contributed by atoms with Crippen LogP contribution in [0.1, 0.15) is 29.8 Å². The number of benzene rings is 1. The predicted molar refractivity (Wildman–Crippen MR) is 90.0 cm³/mol. The van der Waals surface area contributed by atoms with E-state index < -0.39 is 0 Å². The fourth-order valence-electron chi connectivity index (χ4n) is 2.78. The highest BCUT2D eigenvalue weighted by molar-refractivity contribution is 7.09. The molecule has 21 heavy (non-hydrogen) atoms. The first-order valence-electron chi connectivity index (χ1n) is 7.85. The van der Waals surface area contributed by atoms with Gasteiger partial charge < -0.3 is 10.2 Å². The molecule has 3 nitrogen and oxygen atoms in total. The molecule has 0 bridgehead atoms. The summed E-state index contributed by atoms with van der Waals surface area (Å²) < 4.78 is 0. The molecule has 0 unspecified atom stereocenters. The van der Waals surface area contributed by atoms with Crippen LogP contribution >= 0.6 is 11.3 Å². The third kappa shape index (κ3) is 4.29. The number of nitrogens with one attached hydrogen (secondary N) is 1. The molecule has 3 rings (SSSR count). The molecule has 2 aromatic rings. The van der Waals surface area contributed by atoms with Crippen LogP contribution in [0.5, 0.6) is 0 Å². The Labute approximate surface area is 131 Å². The number of aromatic nitrogens is 1. The van der Waals surface area contributed by atoms with E-state index in [0.717, 1.165) is 19.5 Å². The summed E-state index contributed by atoms with van der Waals surface area (Å²) in [6.07, 6.45) is 6.95. The summed E-state index contributed by atoms with van der Waals surface area (Å²) in [7, 11) is 0. The second-order valence-corrected chi connectivity index (χ2v) is 6.55. The van der Waals surface area contributed by atoms with Crippen LogP contribution in [0.15, 0.2) is 35.8 Å². The van der Waals surface area contributed by atoms with Gasteiger partial charge in [0.15, 0.2) is 0 Å². The third-order valence-electron chi connectivity index (χ3n) is 3.99. The zero-order chi connectivity index (χ0) is 14.3. The highest BCUT2D eigenvalue weighted by Gasteiger charge is 2.10. The molecule has 1 saturated heterocycles. The molecule has 1 aromatic heterocycles. The largest absolute Gasteiger partial charge is 0.372 e. The number of thiazole rings is 1. The van der Waals surface area contributed by atoms with Crippen LogP contribution in [-0.4, -0.2) is 24.6 Å².